The highest BCUT2D eigenvalue weighted by Crippen LogP contribution is 2.32. The van der Waals surface area contributed by atoms with Crippen LogP contribution in [0.25, 0.3) is 6.08 Å². The second-order valence-electron chi connectivity index (χ2n) is 6.90. The van der Waals surface area contributed by atoms with Crippen molar-refractivity contribution in [2.24, 2.45) is 0 Å². The van der Waals surface area contributed by atoms with Gasteiger partial charge in [-0.15, -0.1) is 0 Å². The molecule has 7 heteroatoms. The topological polar surface area (TPSA) is 66.5 Å². The Morgan fingerprint density at radius 2 is 1.83 bits per heavy atom. The van der Waals surface area contributed by atoms with Gasteiger partial charge >= 0.3 is 0 Å². The molecule has 2 aromatic rings. The number of rotatable bonds is 8. The number of carbonyl (C=O) groups excluding carboxylic acids is 3. The molecule has 5 nitrogen and oxygen atoms in total. The Balaban J connectivity index is 1.60. The van der Waals surface area contributed by atoms with Crippen LogP contribution in [0.1, 0.15) is 36.8 Å². The van der Waals surface area contributed by atoms with Gasteiger partial charge in [0.1, 0.15) is 5.82 Å². The number of hydrogen-bond donors (Lipinski definition) is 1. The quantitative estimate of drug-likeness (QED) is 0.629. The summed E-state index contributed by atoms with van der Waals surface area (Å²) in [5.74, 6) is -1.33. The van der Waals surface area contributed by atoms with Crippen molar-refractivity contribution in [2.45, 2.75) is 25.7 Å². The summed E-state index contributed by atoms with van der Waals surface area (Å²) in [4.78, 5) is 38.7. The van der Waals surface area contributed by atoms with Gasteiger partial charge in [0.05, 0.1) is 10.8 Å². The average molecular weight is 427 g/mol. The highest BCUT2D eigenvalue weighted by Gasteiger charge is 2.35. The number of amides is 3. The highest BCUT2D eigenvalue weighted by atomic mass is 32.2. The van der Waals surface area contributed by atoms with E-state index < -0.39 is 17.0 Å². The number of benzene rings is 2. The van der Waals surface area contributed by atoms with Crippen LogP contribution >= 0.6 is 11.8 Å². The minimum Gasteiger partial charge on any atom is -0.354 e. The SMILES string of the molecule is CCCC(C(=O)NCCN1C(=O)S/C(=C\c2ccccc2F)C1=O)c1ccccc1. The Kier molecular flexibility index (Phi) is 7.41. The molecule has 1 fully saturated rings. The lowest BCUT2D eigenvalue weighted by Crippen LogP contribution is -2.39. The lowest BCUT2D eigenvalue weighted by molar-refractivity contribution is -0.125. The first-order valence-corrected chi connectivity index (χ1v) is 10.7. The van der Waals surface area contributed by atoms with Crippen LogP contribution in [0.5, 0.6) is 0 Å². The fourth-order valence-electron chi connectivity index (χ4n) is 3.26. The van der Waals surface area contributed by atoms with Crippen molar-refractivity contribution < 1.29 is 18.8 Å². The Morgan fingerprint density at radius 1 is 1.13 bits per heavy atom. The van der Waals surface area contributed by atoms with Crippen molar-refractivity contribution in [1.82, 2.24) is 10.2 Å². The summed E-state index contributed by atoms with van der Waals surface area (Å²) >= 11 is 0.775. The fraction of sp³-hybridized carbons (Fsp3) is 0.261. The van der Waals surface area contributed by atoms with E-state index in [0.717, 1.165) is 28.6 Å². The van der Waals surface area contributed by atoms with Gasteiger partial charge < -0.3 is 5.32 Å². The molecule has 1 aliphatic rings. The molecular weight excluding hydrogens is 403 g/mol. The van der Waals surface area contributed by atoms with Crippen molar-refractivity contribution in [3.63, 3.8) is 0 Å². The van der Waals surface area contributed by atoms with Gasteiger partial charge in [-0.05, 0) is 35.9 Å². The standard InChI is InChI=1S/C23H23FN2O3S/c1-2-8-18(16-9-4-3-5-10-16)21(27)25-13-14-26-22(28)20(30-23(26)29)15-17-11-6-7-12-19(17)24/h3-7,9-12,15,18H,2,8,13-14H2,1H3,(H,25,27)/b20-15-. The number of hydrogen-bond acceptors (Lipinski definition) is 4. The van der Waals surface area contributed by atoms with Crippen molar-refractivity contribution in [3.05, 3.63) is 76.4 Å². The molecule has 0 saturated carbocycles. The Bertz CT molecular complexity index is 962. The van der Waals surface area contributed by atoms with Gasteiger partial charge in [0.15, 0.2) is 0 Å². The third-order valence-corrected chi connectivity index (χ3v) is 5.70. The molecule has 1 unspecified atom stereocenters. The minimum atomic E-state index is -0.476. The summed E-state index contributed by atoms with van der Waals surface area (Å²) in [6.45, 7) is 2.25. The minimum absolute atomic E-state index is 0.0681. The molecule has 1 N–H and O–H groups in total. The van der Waals surface area contributed by atoms with Crippen LogP contribution in [0.15, 0.2) is 59.5 Å². The van der Waals surface area contributed by atoms with E-state index in [9.17, 15) is 18.8 Å². The second-order valence-corrected chi connectivity index (χ2v) is 7.89. The molecule has 1 saturated heterocycles. The number of halogens is 1. The van der Waals surface area contributed by atoms with Crippen molar-refractivity contribution in [2.75, 3.05) is 13.1 Å². The first-order chi connectivity index (χ1) is 14.5. The maximum Gasteiger partial charge on any atom is 0.293 e. The number of nitrogens with zero attached hydrogens (tertiary/aromatic N) is 1. The summed E-state index contributed by atoms with van der Waals surface area (Å²) in [5, 5.41) is 2.41. The van der Waals surface area contributed by atoms with Crippen LogP contribution in [0.2, 0.25) is 0 Å². The van der Waals surface area contributed by atoms with Crippen LogP contribution in [-0.2, 0) is 9.59 Å². The van der Waals surface area contributed by atoms with E-state index in [1.807, 2.05) is 37.3 Å². The van der Waals surface area contributed by atoms with E-state index in [4.69, 9.17) is 0 Å². The van der Waals surface area contributed by atoms with E-state index in [-0.39, 0.29) is 35.4 Å². The predicted molar refractivity (Wildman–Crippen MR) is 116 cm³/mol. The molecule has 30 heavy (non-hydrogen) atoms. The van der Waals surface area contributed by atoms with E-state index in [0.29, 0.717) is 6.42 Å². The summed E-state index contributed by atoms with van der Waals surface area (Å²) in [5.41, 5.74) is 1.19. The lowest BCUT2D eigenvalue weighted by atomic mass is 9.94. The largest absolute Gasteiger partial charge is 0.354 e. The molecule has 1 heterocycles. The summed E-state index contributed by atoms with van der Waals surface area (Å²) in [7, 11) is 0. The summed E-state index contributed by atoms with van der Waals surface area (Å²) < 4.78 is 13.8. The van der Waals surface area contributed by atoms with Crippen molar-refractivity contribution >= 4 is 34.9 Å². The Hall–Kier alpha value is -2.93. The van der Waals surface area contributed by atoms with Crippen LogP contribution < -0.4 is 5.32 Å². The molecular formula is C23H23FN2O3S. The van der Waals surface area contributed by atoms with E-state index in [2.05, 4.69) is 5.32 Å². The molecule has 1 atom stereocenters. The molecule has 0 aromatic heterocycles. The first kappa shape index (κ1) is 21.8. The van der Waals surface area contributed by atoms with Crippen LogP contribution in [0, 0.1) is 5.82 Å². The molecule has 0 aliphatic carbocycles. The van der Waals surface area contributed by atoms with E-state index in [1.54, 1.807) is 18.2 Å². The Morgan fingerprint density at radius 3 is 2.53 bits per heavy atom. The van der Waals surface area contributed by atoms with Gasteiger partial charge in [-0.2, -0.15) is 0 Å². The Labute approximate surface area is 179 Å². The number of carbonyl (C=O) groups is 3. The molecule has 2 aromatic carbocycles. The van der Waals surface area contributed by atoms with Gasteiger partial charge in [0.25, 0.3) is 11.1 Å². The summed E-state index contributed by atoms with van der Waals surface area (Å²) in [6, 6.07) is 15.6. The third kappa shape index (κ3) is 5.16. The van der Waals surface area contributed by atoms with Crippen molar-refractivity contribution in [3.8, 4) is 0 Å². The number of nitrogens with one attached hydrogen (secondary N) is 1. The highest BCUT2D eigenvalue weighted by molar-refractivity contribution is 8.18. The predicted octanol–water partition coefficient (Wildman–Crippen LogP) is 4.56. The van der Waals surface area contributed by atoms with E-state index in [1.165, 1.54) is 12.1 Å². The zero-order chi connectivity index (χ0) is 21.5. The maximum absolute atomic E-state index is 13.8. The van der Waals surface area contributed by atoms with Crippen LogP contribution in [0.4, 0.5) is 9.18 Å². The monoisotopic (exact) mass is 426 g/mol. The third-order valence-electron chi connectivity index (χ3n) is 4.80. The molecule has 156 valence electrons. The molecule has 0 bridgehead atoms. The summed E-state index contributed by atoms with van der Waals surface area (Å²) in [6.07, 6.45) is 2.95. The molecule has 3 rings (SSSR count). The van der Waals surface area contributed by atoms with Gasteiger partial charge in [-0.25, -0.2) is 4.39 Å². The van der Waals surface area contributed by atoms with Gasteiger partial charge in [0.2, 0.25) is 5.91 Å². The van der Waals surface area contributed by atoms with Gasteiger partial charge in [0, 0.05) is 18.7 Å². The molecule has 0 radical (unpaired) electrons. The maximum atomic E-state index is 13.8. The molecule has 3 amide bonds. The smallest absolute Gasteiger partial charge is 0.293 e. The van der Waals surface area contributed by atoms with Crippen LogP contribution in [0.3, 0.4) is 0 Å². The number of thioether (sulfide) groups is 1. The van der Waals surface area contributed by atoms with Gasteiger partial charge in [-0.1, -0.05) is 61.9 Å². The molecule has 1 aliphatic heterocycles. The first-order valence-electron chi connectivity index (χ1n) is 9.83. The van der Waals surface area contributed by atoms with E-state index >= 15 is 0 Å². The van der Waals surface area contributed by atoms with Crippen LogP contribution in [-0.4, -0.2) is 35.0 Å². The number of imide groups is 1. The zero-order valence-electron chi connectivity index (χ0n) is 16.6. The molecule has 0 spiro atoms. The van der Waals surface area contributed by atoms with Crippen molar-refractivity contribution in [1.29, 1.82) is 0 Å². The zero-order valence-corrected chi connectivity index (χ0v) is 17.5. The second kappa shape index (κ2) is 10.2. The lowest BCUT2D eigenvalue weighted by Gasteiger charge is -2.18. The average Bonchev–Trinajstić information content (AvgIpc) is 3.01. The fourth-order valence-corrected chi connectivity index (χ4v) is 4.12. The normalized spacial score (nSPS) is 16.2. The van der Waals surface area contributed by atoms with Gasteiger partial charge in [-0.3, -0.25) is 19.3 Å².